The van der Waals surface area contributed by atoms with Crippen LogP contribution in [0.4, 0.5) is 11.6 Å². The maximum absolute atomic E-state index is 11.5. The summed E-state index contributed by atoms with van der Waals surface area (Å²) in [6.45, 7) is 3.53. The summed E-state index contributed by atoms with van der Waals surface area (Å²) in [7, 11) is 0. The van der Waals surface area contributed by atoms with E-state index in [-0.39, 0.29) is 5.78 Å². The lowest BCUT2D eigenvalue weighted by molar-refractivity contribution is 0.101. The van der Waals surface area contributed by atoms with Crippen LogP contribution in [0, 0.1) is 6.92 Å². The lowest BCUT2D eigenvalue weighted by Gasteiger charge is -2.07. The predicted octanol–water partition coefficient (Wildman–Crippen LogP) is 3.52. The van der Waals surface area contributed by atoms with Gasteiger partial charge in [-0.25, -0.2) is 4.68 Å². The summed E-state index contributed by atoms with van der Waals surface area (Å²) in [5, 5.41) is 7.56. The van der Waals surface area contributed by atoms with Gasteiger partial charge in [0.15, 0.2) is 5.78 Å². The number of aromatic nitrogens is 3. The minimum atomic E-state index is 0.0332. The number of hydrogen-bond donors (Lipinski definition) is 1. The molecule has 0 atom stereocenters. The molecule has 0 unspecified atom stereocenters. The van der Waals surface area contributed by atoms with Gasteiger partial charge in [-0.15, -0.1) is 5.10 Å². The van der Waals surface area contributed by atoms with Crippen molar-refractivity contribution in [3.63, 3.8) is 0 Å². The fourth-order valence-corrected chi connectivity index (χ4v) is 2.12. The largest absolute Gasteiger partial charge is 0.323 e. The molecule has 1 heterocycles. The maximum Gasteiger partial charge on any atom is 0.246 e. The molecule has 0 aliphatic rings. The first-order chi connectivity index (χ1) is 10.6. The number of nitrogens with one attached hydrogen (secondary N) is 1. The van der Waals surface area contributed by atoms with Crippen LogP contribution in [-0.2, 0) is 0 Å². The minimum Gasteiger partial charge on any atom is -0.323 e. The molecule has 3 aromatic rings. The number of nitrogens with zero attached hydrogens (tertiary/aromatic N) is 3. The Labute approximate surface area is 128 Å². The van der Waals surface area contributed by atoms with Gasteiger partial charge in [-0.3, -0.25) is 4.79 Å². The highest BCUT2D eigenvalue weighted by Crippen LogP contribution is 2.20. The van der Waals surface area contributed by atoms with E-state index < -0.39 is 0 Å². The van der Waals surface area contributed by atoms with E-state index in [1.54, 1.807) is 17.9 Å². The average Bonchev–Trinajstić information content (AvgIpc) is 2.99. The third-order valence-electron chi connectivity index (χ3n) is 3.40. The zero-order valence-electron chi connectivity index (χ0n) is 12.4. The summed E-state index contributed by atoms with van der Waals surface area (Å²) in [5.41, 5.74) is 3.47. The van der Waals surface area contributed by atoms with Crippen LogP contribution in [-0.4, -0.2) is 20.5 Å². The van der Waals surface area contributed by atoms with E-state index in [1.165, 1.54) is 0 Å². The Morgan fingerprint density at radius 3 is 2.64 bits per heavy atom. The van der Waals surface area contributed by atoms with Gasteiger partial charge in [-0.2, -0.15) is 4.98 Å². The minimum absolute atomic E-state index is 0.0332. The standard InChI is InChI=1S/C17H16N4O/c1-12-8-9-14(13(2)22)10-16(12)19-17-18-11-21(20-17)15-6-4-3-5-7-15/h3-11H,1-2H3,(H,19,20). The highest BCUT2D eigenvalue weighted by Gasteiger charge is 2.07. The summed E-state index contributed by atoms with van der Waals surface area (Å²) in [5.74, 6) is 0.526. The molecule has 0 spiro atoms. The summed E-state index contributed by atoms with van der Waals surface area (Å²) < 4.78 is 1.70. The molecule has 0 aliphatic carbocycles. The molecule has 2 aromatic carbocycles. The number of carbonyl (C=O) groups excluding carboxylic acids is 1. The number of hydrogen-bond acceptors (Lipinski definition) is 4. The molecule has 110 valence electrons. The molecule has 0 radical (unpaired) electrons. The van der Waals surface area contributed by atoms with E-state index in [4.69, 9.17) is 0 Å². The second kappa shape index (κ2) is 5.81. The normalized spacial score (nSPS) is 10.5. The maximum atomic E-state index is 11.5. The Hall–Kier alpha value is -2.95. The van der Waals surface area contributed by atoms with Crippen molar-refractivity contribution in [3.8, 4) is 5.69 Å². The Morgan fingerprint density at radius 1 is 1.14 bits per heavy atom. The first-order valence-electron chi connectivity index (χ1n) is 6.99. The fraction of sp³-hybridized carbons (Fsp3) is 0.118. The zero-order valence-corrected chi connectivity index (χ0v) is 12.4. The third-order valence-corrected chi connectivity index (χ3v) is 3.40. The number of carbonyl (C=O) groups is 1. The van der Waals surface area contributed by atoms with Crippen LogP contribution in [0.5, 0.6) is 0 Å². The van der Waals surface area contributed by atoms with E-state index in [0.717, 1.165) is 16.9 Å². The number of anilines is 2. The van der Waals surface area contributed by atoms with Crippen LogP contribution in [0.2, 0.25) is 0 Å². The Balaban J connectivity index is 1.87. The number of Topliss-reactive ketones (excluding diaryl/α,β-unsaturated/α-hetero) is 1. The lowest BCUT2D eigenvalue weighted by atomic mass is 10.1. The Bertz CT molecular complexity index is 809. The quantitative estimate of drug-likeness (QED) is 0.747. The molecule has 0 saturated heterocycles. The summed E-state index contributed by atoms with van der Waals surface area (Å²) in [6, 6.07) is 15.3. The van der Waals surface area contributed by atoms with Gasteiger partial charge in [0.25, 0.3) is 0 Å². The smallest absolute Gasteiger partial charge is 0.246 e. The molecule has 0 aliphatic heterocycles. The monoisotopic (exact) mass is 292 g/mol. The van der Waals surface area contributed by atoms with Crippen molar-refractivity contribution in [3.05, 3.63) is 66.0 Å². The Kier molecular flexibility index (Phi) is 3.70. The molecule has 1 N–H and O–H groups in total. The van der Waals surface area contributed by atoms with Crippen molar-refractivity contribution in [2.75, 3.05) is 5.32 Å². The second-order valence-electron chi connectivity index (χ2n) is 5.06. The molecule has 5 nitrogen and oxygen atoms in total. The second-order valence-corrected chi connectivity index (χ2v) is 5.06. The van der Waals surface area contributed by atoms with Crippen molar-refractivity contribution in [1.29, 1.82) is 0 Å². The predicted molar refractivity (Wildman–Crippen MR) is 85.8 cm³/mol. The summed E-state index contributed by atoms with van der Waals surface area (Å²) >= 11 is 0. The van der Waals surface area contributed by atoms with E-state index in [0.29, 0.717) is 11.5 Å². The van der Waals surface area contributed by atoms with Gasteiger partial charge < -0.3 is 5.32 Å². The third kappa shape index (κ3) is 2.88. The molecule has 22 heavy (non-hydrogen) atoms. The number of ketones is 1. The zero-order chi connectivity index (χ0) is 15.5. The van der Waals surface area contributed by atoms with E-state index in [1.807, 2.05) is 55.5 Å². The van der Waals surface area contributed by atoms with Crippen molar-refractivity contribution in [2.45, 2.75) is 13.8 Å². The lowest BCUT2D eigenvalue weighted by Crippen LogP contribution is -2.00. The fourth-order valence-electron chi connectivity index (χ4n) is 2.12. The van der Waals surface area contributed by atoms with Crippen molar-refractivity contribution < 1.29 is 4.79 Å². The molecule has 5 heteroatoms. The molecule has 0 fully saturated rings. The van der Waals surface area contributed by atoms with Crippen LogP contribution in [0.3, 0.4) is 0 Å². The molecule has 0 bridgehead atoms. The van der Waals surface area contributed by atoms with Crippen LogP contribution in [0.15, 0.2) is 54.9 Å². The summed E-state index contributed by atoms with van der Waals surface area (Å²) in [6.07, 6.45) is 1.65. The van der Waals surface area contributed by atoms with Crippen LogP contribution >= 0.6 is 0 Å². The number of aryl methyl sites for hydroxylation is 1. The summed E-state index contributed by atoms with van der Waals surface area (Å²) in [4.78, 5) is 15.7. The van der Waals surface area contributed by atoms with Gasteiger partial charge in [0.2, 0.25) is 5.95 Å². The van der Waals surface area contributed by atoms with Gasteiger partial charge >= 0.3 is 0 Å². The topological polar surface area (TPSA) is 59.8 Å². The Morgan fingerprint density at radius 2 is 1.91 bits per heavy atom. The molecular formula is C17H16N4O. The number of benzene rings is 2. The van der Waals surface area contributed by atoms with E-state index >= 15 is 0 Å². The van der Waals surface area contributed by atoms with Gasteiger partial charge in [0.05, 0.1) is 5.69 Å². The SMILES string of the molecule is CC(=O)c1ccc(C)c(Nc2ncn(-c3ccccc3)n2)c1. The van der Waals surface area contributed by atoms with Crippen molar-refractivity contribution in [2.24, 2.45) is 0 Å². The van der Waals surface area contributed by atoms with Gasteiger partial charge in [-0.05, 0) is 37.6 Å². The highest BCUT2D eigenvalue weighted by atomic mass is 16.1. The van der Waals surface area contributed by atoms with Gasteiger partial charge in [0, 0.05) is 11.3 Å². The van der Waals surface area contributed by atoms with Gasteiger partial charge in [0.1, 0.15) is 6.33 Å². The number of para-hydroxylation sites is 1. The van der Waals surface area contributed by atoms with Crippen molar-refractivity contribution >= 4 is 17.4 Å². The van der Waals surface area contributed by atoms with Crippen LogP contribution in [0.25, 0.3) is 5.69 Å². The number of rotatable bonds is 4. The average molecular weight is 292 g/mol. The first kappa shape index (κ1) is 14.0. The molecular weight excluding hydrogens is 276 g/mol. The highest BCUT2D eigenvalue weighted by molar-refractivity contribution is 5.95. The molecule has 1 aromatic heterocycles. The first-order valence-corrected chi connectivity index (χ1v) is 6.99. The van der Waals surface area contributed by atoms with Crippen LogP contribution in [0.1, 0.15) is 22.8 Å². The van der Waals surface area contributed by atoms with Crippen LogP contribution < -0.4 is 5.32 Å². The molecule has 0 amide bonds. The van der Waals surface area contributed by atoms with Gasteiger partial charge in [-0.1, -0.05) is 30.3 Å². The van der Waals surface area contributed by atoms with E-state index in [2.05, 4.69) is 15.4 Å². The van der Waals surface area contributed by atoms with E-state index in [9.17, 15) is 4.79 Å². The molecule has 0 saturated carbocycles. The van der Waals surface area contributed by atoms with Crippen molar-refractivity contribution in [1.82, 2.24) is 14.8 Å². The molecule has 3 rings (SSSR count).